The molecule has 0 radical (unpaired) electrons. The second-order valence-electron chi connectivity index (χ2n) is 4.85. The molecule has 1 aliphatic carbocycles. The van der Waals surface area contributed by atoms with Crippen LogP contribution in [0.25, 0.3) is 11.3 Å². The Kier molecular flexibility index (Phi) is 2.21. The Bertz CT molecular complexity index is 565. The largest absolute Gasteiger partial charge is 0.383 e. The Labute approximate surface area is 101 Å². The van der Waals surface area contributed by atoms with E-state index in [1.807, 2.05) is 18.5 Å². The van der Waals surface area contributed by atoms with Crippen molar-refractivity contribution in [2.75, 3.05) is 5.73 Å². The number of hydrogen-bond acceptors (Lipinski definition) is 2. The van der Waals surface area contributed by atoms with Crippen LogP contribution in [0.3, 0.4) is 0 Å². The number of rotatable bonds is 2. The fourth-order valence-corrected chi connectivity index (χ4v) is 2.20. The highest BCUT2D eigenvalue weighted by molar-refractivity contribution is 5.71. The summed E-state index contributed by atoms with van der Waals surface area (Å²) in [7, 11) is 1.95. The van der Waals surface area contributed by atoms with E-state index in [0.717, 1.165) is 28.8 Å². The molecule has 17 heavy (non-hydrogen) atoms. The molecule has 1 heterocycles. The van der Waals surface area contributed by atoms with Crippen molar-refractivity contribution in [3.63, 3.8) is 0 Å². The van der Waals surface area contributed by atoms with Gasteiger partial charge in [0.05, 0.1) is 0 Å². The first-order chi connectivity index (χ1) is 8.16. The van der Waals surface area contributed by atoms with Gasteiger partial charge < -0.3 is 10.3 Å². The molecule has 3 nitrogen and oxygen atoms in total. The number of hydrogen-bond donors (Lipinski definition) is 1. The molecule has 1 aliphatic rings. The third-order valence-electron chi connectivity index (χ3n) is 3.57. The summed E-state index contributed by atoms with van der Waals surface area (Å²) in [4.78, 5) is 4.54. The zero-order valence-electron chi connectivity index (χ0n) is 10.3. The monoisotopic (exact) mass is 227 g/mol. The number of aromatic nitrogens is 2. The number of imidazole rings is 1. The van der Waals surface area contributed by atoms with Gasteiger partial charge in [-0.2, -0.15) is 0 Å². The van der Waals surface area contributed by atoms with Crippen molar-refractivity contribution in [2.24, 2.45) is 7.05 Å². The van der Waals surface area contributed by atoms with Gasteiger partial charge in [0.25, 0.3) is 0 Å². The molecule has 0 spiro atoms. The van der Waals surface area contributed by atoms with Gasteiger partial charge in [0.1, 0.15) is 17.3 Å². The summed E-state index contributed by atoms with van der Waals surface area (Å²) < 4.78 is 1.93. The molecule has 2 N–H and O–H groups in total. The van der Waals surface area contributed by atoms with Crippen molar-refractivity contribution < 1.29 is 0 Å². The quantitative estimate of drug-likeness (QED) is 0.857. The molecule has 0 saturated heterocycles. The first-order valence-electron chi connectivity index (χ1n) is 6.06. The normalized spacial score (nSPS) is 15.2. The third kappa shape index (κ3) is 1.71. The van der Waals surface area contributed by atoms with E-state index >= 15 is 0 Å². The highest BCUT2D eigenvalue weighted by atomic mass is 15.1. The van der Waals surface area contributed by atoms with Gasteiger partial charge >= 0.3 is 0 Å². The predicted molar refractivity (Wildman–Crippen MR) is 69.8 cm³/mol. The van der Waals surface area contributed by atoms with Crippen LogP contribution < -0.4 is 5.73 Å². The summed E-state index contributed by atoms with van der Waals surface area (Å²) >= 11 is 0. The lowest BCUT2D eigenvalue weighted by molar-refractivity contribution is 0.868. The van der Waals surface area contributed by atoms with Crippen LogP contribution in [0.15, 0.2) is 24.3 Å². The minimum absolute atomic E-state index is 0.746. The molecular weight excluding hydrogens is 210 g/mol. The second-order valence-corrected chi connectivity index (χ2v) is 4.85. The SMILES string of the molecule is Cc1nc(-c2cccc(C3CC3)c2)c(N)n1C. The van der Waals surface area contributed by atoms with E-state index in [1.54, 1.807) is 0 Å². The minimum Gasteiger partial charge on any atom is -0.383 e. The van der Waals surface area contributed by atoms with Crippen LogP contribution in [0.1, 0.15) is 30.1 Å². The summed E-state index contributed by atoms with van der Waals surface area (Å²) in [6, 6.07) is 8.62. The number of nitrogens with two attached hydrogens (primary N) is 1. The van der Waals surface area contributed by atoms with Crippen molar-refractivity contribution in [3.05, 3.63) is 35.7 Å². The molecule has 1 aromatic carbocycles. The summed E-state index contributed by atoms with van der Waals surface area (Å²) in [5.74, 6) is 2.46. The Morgan fingerprint density at radius 2 is 2.12 bits per heavy atom. The van der Waals surface area contributed by atoms with Crippen molar-refractivity contribution in [1.29, 1.82) is 0 Å². The zero-order chi connectivity index (χ0) is 12.0. The van der Waals surface area contributed by atoms with E-state index in [4.69, 9.17) is 5.73 Å². The maximum Gasteiger partial charge on any atom is 0.131 e. The van der Waals surface area contributed by atoms with E-state index in [2.05, 4.69) is 29.2 Å². The predicted octanol–water partition coefficient (Wildman–Crippen LogP) is 2.86. The summed E-state index contributed by atoms with van der Waals surface area (Å²) in [5.41, 5.74) is 9.54. The fraction of sp³-hybridized carbons (Fsp3) is 0.357. The van der Waals surface area contributed by atoms with Gasteiger partial charge in [-0.1, -0.05) is 18.2 Å². The summed E-state index contributed by atoms with van der Waals surface area (Å²) in [6.07, 6.45) is 2.64. The fourth-order valence-electron chi connectivity index (χ4n) is 2.20. The lowest BCUT2D eigenvalue weighted by Crippen LogP contribution is -1.98. The van der Waals surface area contributed by atoms with Crippen molar-refractivity contribution >= 4 is 5.82 Å². The van der Waals surface area contributed by atoms with Gasteiger partial charge in [0.15, 0.2) is 0 Å². The first kappa shape index (κ1) is 10.4. The maximum absolute atomic E-state index is 6.08. The summed E-state index contributed by atoms with van der Waals surface area (Å²) in [6.45, 7) is 1.98. The van der Waals surface area contributed by atoms with Crippen molar-refractivity contribution in [3.8, 4) is 11.3 Å². The van der Waals surface area contributed by atoms with Gasteiger partial charge in [0, 0.05) is 12.6 Å². The van der Waals surface area contributed by atoms with Gasteiger partial charge in [-0.15, -0.1) is 0 Å². The molecule has 0 amide bonds. The van der Waals surface area contributed by atoms with Crippen LogP contribution in [0.5, 0.6) is 0 Å². The Morgan fingerprint density at radius 1 is 1.35 bits per heavy atom. The molecule has 88 valence electrons. The number of nitrogen functional groups attached to an aromatic ring is 1. The first-order valence-corrected chi connectivity index (χ1v) is 6.06. The average molecular weight is 227 g/mol. The molecular formula is C14H17N3. The molecule has 0 aliphatic heterocycles. The topological polar surface area (TPSA) is 43.8 Å². The number of aryl methyl sites for hydroxylation is 1. The zero-order valence-corrected chi connectivity index (χ0v) is 10.3. The van der Waals surface area contributed by atoms with E-state index in [0.29, 0.717) is 0 Å². The van der Waals surface area contributed by atoms with Crippen molar-refractivity contribution in [1.82, 2.24) is 9.55 Å². The smallest absolute Gasteiger partial charge is 0.131 e. The molecule has 0 bridgehead atoms. The lowest BCUT2D eigenvalue weighted by atomic mass is 10.1. The molecule has 2 aromatic rings. The van der Waals surface area contributed by atoms with Crippen LogP contribution in [-0.4, -0.2) is 9.55 Å². The van der Waals surface area contributed by atoms with E-state index in [-0.39, 0.29) is 0 Å². The van der Waals surface area contributed by atoms with E-state index in [1.165, 1.54) is 18.4 Å². The van der Waals surface area contributed by atoms with Crippen LogP contribution >= 0.6 is 0 Å². The third-order valence-corrected chi connectivity index (χ3v) is 3.57. The maximum atomic E-state index is 6.08. The summed E-state index contributed by atoms with van der Waals surface area (Å²) in [5, 5.41) is 0. The highest BCUT2D eigenvalue weighted by Crippen LogP contribution is 2.41. The average Bonchev–Trinajstić information content (AvgIpc) is 3.14. The molecule has 1 saturated carbocycles. The molecule has 3 heteroatoms. The molecule has 0 unspecified atom stereocenters. The van der Waals surface area contributed by atoms with Crippen LogP contribution in [-0.2, 0) is 7.05 Å². The van der Waals surface area contributed by atoms with Crippen LogP contribution in [0, 0.1) is 6.92 Å². The van der Waals surface area contributed by atoms with Crippen LogP contribution in [0.2, 0.25) is 0 Å². The number of anilines is 1. The Morgan fingerprint density at radius 3 is 2.71 bits per heavy atom. The molecule has 1 aromatic heterocycles. The highest BCUT2D eigenvalue weighted by Gasteiger charge is 2.24. The Balaban J connectivity index is 2.08. The van der Waals surface area contributed by atoms with Crippen molar-refractivity contribution in [2.45, 2.75) is 25.7 Å². The van der Waals surface area contributed by atoms with Gasteiger partial charge in [0.2, 0.25) is 0 Å². The van der Waals surface area contributed by atoms with E-state index < -0.39 is 0 Å². The Hall–Kier alpha value is -1.77. The van der Waals surface area contributed by atoms with Gasteiger partial charge in [-0.05, 0) is 37.3 Å². The molecule has 1 fully saturated rings. The lowest BCUT2D eigenvalue weighted by Gasteiger charge is -2.03. The number of benzene rings is 1. The minimum atomic E-state index is 0.746. The van der Waals surface area contributed by atoms with Gasteiger partial charge in [-0.3, -0.25) is 0 Å². The van der Waals surface area contributed by atoms with Crippen LogP contribution in [0.4, 0.5) is 5.82 Å². The molecule has 3 rings (SSSR count). The van der Waals surface area contributed by atoms with Gasteiger partial charge in [-0.25, -0.2) is 4.98 Å². The second kappa shape index (κ2) is 3.62. The number of nitrogens with zero attached hydrogens (tertiary/aromatic N) is 2. The molecule has 0 atom stereocenters. The standard InChI is InChI=1S/C14H17N3/c1-9-16-13(14(15)17(9)2)12-5-3-4-11(8-12)10-6-7-10/h3-5,8,10H,6-7,15H2,1-2H3. The van der Waals surface area contributed by atoms with E-state index in [9.17, 15) is 0 Å².